The summed E-state index contributed by atoms with van der Waals surface area (Å²) in [5, 5.41) is 11.9. The van der Waals surface area contributed by atoms with E-state index in [-0.39, 0.29) is 38.6 Å². The van der Waals surface area contributed by atoms with E-state index in [4.69, 9.17) is 17.6 Å². The molecule has 0 aliphatic rings. The molecule has 55 heavy (non-hydrogen) atoms. The molecule has 2 aromatic rings. The predicted molar refractivity (Wildman–Crippen MR) is 247 cm³/mol. The summed E-state index contributed by atoms with van der Waals surface area (Å²) in [6.45, 7) is 26.5. The average molecular weight is 777 g/mol. The third-order valence-electron chi connectivity index (χ3n) is 10.6. The molecule has 0 radical (unpaired) electrons. The molecular weight excluding hydrogens is 689 g/mol. The molecule has 0 aliphatic heterocycles. The highest BCUT2D eigenvalue weighted by Crippen LogP contribution is 2.38. The van der Waals surface area contributed by atoms with E-state index >= 15 is 0 Å². The molecule has 0 saturated carbocycles. The standard InChI is InChI=1S/C32H49NOSi.C16H31NO.2CH4/c1-6-7-8-9-10-11-12-13-14-15-18-23-29(28-33-5)34-35(32(2,3)4,30-24-19-16-20-25-30)31-26-21-17-22-27-31;1-3-4-5-6-7-8-9-10-11-12-13-14-16(18)15-17-2;;/h16-17,19-22,24-27,29H,6-15,18,23,28H2,1-4H3;16,18H,3-15H2,1H3;2*1H4. The van der Waals surface area contributed by atoms with Crippen LogP contribution in [0.4, 0.5) is 0 Å². The Hall–Kier alpha value is -2.44. The Morgan fingerprint density at radius 2 is 0.855 bits per heavy atom. The summed E-state index contributed by atoms with van der Waals surface area (Å²) in [5.41, 5.74) is 0. The van der Waals surface area contributed by atoms with Gasteiger partial charge in [0, 0.05) is 0 Å². The number of unbranched alkanes of at least 4 members (excludes halogenated alkanes) is 20. The molecule has 0 fully saturated rings. The molecule has 0 amide bonds. The molecule has 4 nitrogen and oxygen atoms in total. The Morgan fingerprint density at radius 1 is 0.527 bits per heavy atom. The van der Waals surface area contributed by atoms with Gasteiger partial charge < -0.3 is 19.2 Å². The maximum Gasteiger partial charge on any atom is 0.261 e. The molecule has 0 aliphatic carbocycles. The number of nitrogens with zero attached hydrogens (tertiary/aromatic N) is 2. The minimum Gasteiger partial charge on any atom is -0.397 e. The molecule has 1 N–H and O–H groups in total. The Morgan fingerprint density at radius 3 is 1.18 bits per heavy atom. The lowest BCUT2D eigenvalue weighted by molar-refractivity contribution is 0.176. The van der Waals surface area contributed by atoms with E-state index in [1.807, 2.05) is 0 Å². The normalized spacial score (nSPS) is 12.2. The van der Waals surface area contributed by atoms with Crippen molar-refractivity contribution in [2.45, 2.75) is 221 Å². The maximum atomic E-state index is 9.38. The lowest BCUT2D eigenvalue weighted by atomic mass is 10.0. The van der Waals surface area contributed by atoms with Gasteiger partial charge in [-0.05, 0) is 28.3 Å². The van der Waals surface area contributed by atoms with Gasteiger partial charge in [-0.15, -0.1) is 0 Å². The van der Waals surface area contributed by atoms with Crippen molar-refractivity contribution in [3.63, 3.8) is 0 Å². The molecular formula is C50H88N2O2Si. The van der Waals surface area contributed by atoms with E-state index in [0.717, 1.165) is 25.7 Å². The monoisotopic (exact) mass is 777 g/mol. The topological polar surface area (TPSA) is 38.2 Å². The Balaban J connectivity index is 0. The number of aliphatic hydroxyl groups excluding tert-OH is 1. The van der Waals surface area contributed by atoms with Gasteiger partial charge in [0.2, 0.25) is 13.1 Å². The molecule has 0 bridgehead atoms. The van der Waals surface area contributed by atoms with Crippen molar-refractivity contribution in [2.75, 3.05) is 13.1 Å². The van der Waals surface area contributed by atoms with Gasteiger partial charge in [0.05, 0.1) is 0 Å². The molecule has 2 unspecified atom stereocenters. The van der Waals surface area contributed by atoms with E-state index < -0.39 is 8.32 Å². The number of rotatable bonds is 30. The number of hydrogen-bond donors (Lipinski definition) is 1. The SMILES string of the molecule is C.C.[C-]#[N+]CC(CCCCCCCCCCCCC)O[Si](c1ccccc1)(c1ccccc1)C(C)(C)C.[C-]#[N+]CC(O)CCCCCCCCCCCCC. The molecule has 0 aromatic heterocycles. The summed E-state index contributed by atoms with van der Waals surface area (Å²) in [4.78, 5) is 7.01. The van der Waals surface area contributed by atoms with Crippen molar-refractivity contribution in [3.05, 3.63) is 83.5 Å². The number of hydrogen-bond acceptors (Lipinski definition) is 2. The summed E-state index contributed by atoms with van der Waals surface area (Å²) in [6.07, 6.45) is 30.8. The minimum atomic E-state index is -2.59. The first-order valence-electron chi connectivity index (χ1n) is 21.9. The Bertz CT molecular complexity index is 1140. The average Bonchev–Trinajstić information content (AvgIpc) is 3.15. The molecule has 5 heteroatoms. The first-order chi connectivity index (χ1) is 25.8. The van der Waals surface area contributed by atoms with Gasteiger partial charge in [-0.1, -0.05) is 251 Å². The lowest BCUT2D eigenvalue weighted by Crippen LogP contribution is -2.67. The van der Waals surface area contributed by atoms with Crippen molar-refractivity contribution in [1.29, 1.82) is 0 Å². The van der Waals surface area contributed by atoms with Crippen LogP contribution < -0.4 is 10.4 Å². The van der Waals surface area contributed by atoms with Crippen LogP contribution >= 0.6 is 0 Å². The van der Waals surface area contributed by atoms with Crippen molar-refractivity contribution < 1.29 is 9.53 Å². The first kappa shape index (κ1) is 54.7. The van der Waals surface area contributed by atoms with Crippen LogP contribution in [0.2, 0.25) is 5.04 Å². The zero-order chi connectivity index (χ0) is 38.9. The van der Waals surface area contributed by atoms with Gasteiger partial charge in [0.1, 0.15) is 12.2 Å². The summed E-state index contributed by atoms with van der Waals surface area (Å²) < 4.78 is 7.23. The van der Waals surface area contributed by atoms with Crippen LogP contribution in [0.3, 0.4) is 0 Å². The zero-order valence-corrected chi connectivity index (χ0v) is 36.1. The van der Waals surface area contributed by atoms with Crippen LogP contribution in [-0.2, 0) is 4.43 Å². The summed E-state index contributed by atoms with van der Waals surface area (Å²) in [6, 6.07) is 21.6. The van der Waals surface area contributed by atoms with E-state index in [0.29, 0.717) is 6.54 Å². The van der Waals surface area contributed by atoms with E-state index in [9.17, 15) is 5.11 Å². The third-order valence-corrected chi connectivity index (χ3v) is 15.7. The quantitative estimate of drug-likeness (QED) is 0.0487. The smallest absolute Gasteiger partial charge is 0.261 e. The van der Waals surface area contributed by atoms with Crippen LogP contribution in [0.25, 0.3) is 9.69 Å². The number of benzene rings is 2. The largest absolute Gasteiger partial charge is 0.397 e. The summed E-state index contributed by atoms with van der Waals surface area (Å²) in [7, 11) is -2.59. The fraction of sp³-hybridized carbons (Fsp3) is 0.720. The number of aliphatic hydroxyl groups is 1. The fourth-order valence-electron chi connectivity index (χ4n) is 7.51. The van der Waals surface area contributed by atoms with E-state index in [2.05, 4.69) is 105 Å². The van der Waals surface area contributed by atoms with Crippen LogP contribution in [-0.4, -0.2) is 38.7 Å². The highest BCUT2D eigenvalue weighted by atomic mass is 28.4. The highest BCUT2D eigenvalue weighted by Gasteiger charge is 2.51. The summed E-state index contributed by atoms with van der Waals surface area (Å²) in [5.74, 6) is 0. The Kier molecular flexibility index (Phi) is 35.7. The van der Waals surface area contributed by atoms with Crippen molar-refractivity contribution >= 4 is 18.7 Å². The highest BCUT2D eigenvalue weighted by molar-refractivity contribution is 6.99. The molecule has 0 heterocycles. The molecule has 0 saturated heterocycles. The van der Waals surface area contributed by atoms with Gasteiger partial charge in [-0.3, -0.25) is 0 Å². The zero-order valence-electron chi connectivity index (χ0n) is 35.1. The molecule has 314 valence electrons. The first-order valence-corrected chi connectivity index (χ1v) is 23.8. The second-order valence-corrected chi connectivity index (χ2v) is 20.6. The van der Waals surface area contributed by atoms with E-state index in [1.54, 1.807) is 0 Å². The van der Waals surface area contributed by atoms with Crippen LogP contribution in [0.1, 0.15) is 204 Å². The van der Waals surface area contributed by atoms with Crippen LogP contribution in [0, 0.1) is 13.1 Å². The van der Waals surface area contributed by atoms with Gasteiger partial charge >= 0.3 is 0 Å². The third kappa shape index (κ3) is 24.7. The maximum absolute atomic E-state index is 9.38. The van der Waals surface area contributed by atoms with Gasteiger partial charge in [-0.25, -0.2) is 13.1 Å². The van der Waals surface area contributed by atoms with E-state index in [1.165, 1.54) is 139 Å². The summed E-state index contributed by atoms with van der Waals surface area (Å²) >= 11 is 0. The Labute approximate surface area is 344 Å². The van der Waals surface area contributed by atoms with Crippen molar-refractivity contribution in [2.24, 2.45) is 0 Å². The molecule has 2 aromatic carbocycles. The van der Waals surface area contributed by atoms with Gasteiger partial charge in [0.15, 0.2) is 0 Å². The van der Waals surface area contributed by atoms with Crippen molar-refractivity contribution in [3.8, 4) is 0 Å². The van der Waals surface area contributed by atoms with Crippen molar-refractivity contribution in [1.82, 2.24) is 0 Å². The van der Waals surface area contributed by atoms with Crippen LogP contribution in [0.5, 0.6) is 0 Å². The molecule has 0 spiro atoms. The molecule has 2 atom stereocenters. The fourth-order valence-corrected chi connectivity index (χ4v) is 12.2. The second kappa shape index (κ2) is 35.9. The van der Waals surface area contributed by atoms with Crippen LogP contribution in [0.15, 0.2) is 60.7 Å². The van der Waals surface area contributed by atoms with Gasteiger partial charge in [0.25, 0.3) is 8.32 Å². The van der Waals surface area contributed by atoms with Gasteiger partial charge in [-0.2, -0.15) is 0 Å². The molecule has 2 rings (SSSR count). The second-order valence-electron chi connectivity index (χ2n) is 16.4. The minimum absolute atomic E-state index is 0. The lowest BCUT2D eigenvalue weighted by Gasteiger charge is -2.44. The predicted octanol–water partition coefficient (Wildman–Crippen LogP) is 14.8.